The summed E-state index contributed by atoms with van der Waals surface area (Å²) in [4.78, 5) is 2.53. The average Bonchev–Trinajstić information content (AvgIpc) is 2.12. The smallest absolute Gasteiger partial charge is 0.0753 e. The Kier molecular flexibility index (Phi) is 4.77. The van der Waals surface area contributed by atoms with Gasteiger partial charge in [-0.2, -0.15) is 0 Å². The minimum Gasteiger partial charge on any atom is -0.373 e. The van der Waals surface area contributed by atoms with E-state index in [0.29, 0.717) is 5.41 Å². The molecule has 1 saturated heterocycles. The van der Waals surface area contributed by atoms with Crippen LogP contribution < -0.4 is 5.32 Å². The largest absolute Gasteiger partial charge is 0.373 e. The summed E-state index contributed by atoms with van der Waals surface area (Å²) >= 11 is 0. The molecule has 0 aromatic carbocycles. The van der Waals surface area contributed by atoms with Crippen molar-refractivity contribution in [3.8, 4) is 0 Å². The van der Waals surface area contributed by atoms with Crippen LogP contribution in [0.1, 0.15) is 34.6 Å². The fraction of sp³-hybridized carbons (Fsp3) is 1.00. The van der Waals surface area contributed by atoms with Crippen LogP contribution in [0.25, 0.3) is 0 Å². The minimum atomic E-state index is 0.0204. The number of hydrogen-bond donors (Lipinski definition) is 1. The maximum Gasteiger partial charge on any atom is 0.0753 e. The minimum absolute atomic E-state index is 0.0204. The van der Waals surface area contributed by atoms with E-state index in [9.17, 15) is 0 Å². The summed E-state index contributed by atoms with van der Waals surface area (Å²) in [6.45, 7) is 17.4. The second kappa shape index (κ2) is 5.48. The Balaban J connectivity index is 2.40. The van der Waals surface area contributed by atoms with Crippen LogP contribution >= 0.6 is 0 Å². The second-order valence-electron chi connectivity index (χ2n) is 6.26. The zero-order valence-corrected chi connectivity index (χ0v) is 11.6. The van der Waals surface area contributed by atoms with Crippen molar-refractivity contribution in [2.24, 2.45) is 5.41 Å². The van der Waals surface area contributed by atoms with E-state index in [2.05, 4.69) is 44.8 Å². The lowest BCUT2D eigenvalue weighted by molar-refractivity contribution is -0.0924. The van der Waals surface area contributed by atoms with Crippen molar-refractivity contribution >= 4 is 0 Å². The number of nitrogens with one attached hydrogen (secondary N) is 1. The van der Waals surface area contributed by atoms with Gasteiger partial charge in [-0.15, -0.1) is 0 Å². The molecule has 0 aliphatic carbocycles. The Morgan fingerprint density at radius 2 is 2.06 bits per heavy atom. The maximum absolute atomic E-state index is 5.73. The third kappa shape index (κ3) is 4.81. The molecule has 1 N–H and O–H groups in total. The molecule has 3 nitrogen and oxygen atoms in total. The van der Waals surface area contributed by atoms with Crippen molar-refractivity contribution in [3.63, 3.8) is 0 Å². The molecule has 1 aliphatic heterocycles. The van der Waals surface area contributed by atoms with E-state index in [-0.39, 0.29) is 5.60 Å². The van der Waals surface area contributed by atoms with E-state index >= 15 is 0 Å². The highest BCUT2D eigenvalue weighted by atomic mass is 16.5. The first-order valence-corrected chi connectivity index (χ1v) is 6.42. The van der Waals surface area contributed by atoms with E-state index in [4.69, 9.17) is 4.74 Å². The summed E-state index contributed by atoms with van der Waals surface area (Å²) in [5, 5.41) is 3.44. The van der Waals surface area contributed by atoms with Crippen molar-refractivity contribution < 1.29 is 4.74 Å². The van der Waals surface area contributed by atoms with Crippen molar-refractivity contribution in [2.75, 3.05) is 39.3 Å². The maximum atomic E-state index is 5.73. The molecule has 0 spiro atoms. The predicted molar refractivity (Wildman–Crippen MR) is 68.8 cm³/mol. The first-order chi connectivity index (χ1) is 7.35. The summed E-state index contributed by atoms with van der Waals surface area (Å²) in [5.41, 5.74) is 0.357. The first kappa shape index (κ1) is 13.9. The number of morpholine rings is 1. The van der Waals surface area contributed by atoms with Crippen LogP contribution in [0.2, 0.25) is 0 Å². The first-order valence-electron chi connectivity index (χ1n) is 6.42. The molecule has 0 amide bonds. The van der Waals surface area contributed by atoms with Gasteiger partial charge in [0.2, 0.25) is 0 Å². The van der Waals surface area contributed by atoms with E-state index in [1.165, 1.54) is 0 Å². The van der Waals surface area contributed by atoms with Crippen LogP contribution in [0, 0.1) is 5.41 Å². The molecule has 16 heavy (non-hydrogen) atoms. The Labute approximate surface area is 101 Å². The standard InChI is InChI=1S/C13H28N2O/c1-6-14-9-12(2,3)10-15-7-8-16-13(4,5)11-15/h14H,6-11H2,1-5H3. The van der Waals surface area contributed by atoms with Gasteiger partial charge < -0.3 is 10.1 Å². The van der Waals surface area contributed by atoms with E-state index in [1.807, 2.05) is 0 Å². The Bertz CT molecular complexity index is 214. The van der Waals surface area contributed by atoms with E-state index in [1.54, 1.807) is 0 Å². The van der Waals surface area contributed by atoms with Crippen molar-refractivity contribution in [1.29, 1.82) is 0 Å². The van der Waals surface area contributed by atoms with Crippen LogP contribution in [-0.2, 0) is 4.74 Å². The summed E-state index contributed by atoms with van der Waals surface area (Å²) in [6.07, 6.45) is 0. The van der Waals surface area contributed by atoms with Gasteiger partial charge in [0.05, 0.1) is 12.2 Å². The van der Waals surface area contributed by atoms with Gasteiger partial charge in [-0.05, 0) is 25.8 Å². The van der Waals surface area contributed by atoms with Crippen LogP contribution in [-0.4, -0.2) is 49.8 Å². The van der Waals surface area contributed by atoms with Crippen molar-refractivity contribution in [3.05, 3.63) is 0 Å². The van der Waals surface area contributed by atoms with Gasteiger partial charge in [0.15, 0.2) is 0 Å². The Morgan fingerprint density at radius 1 is 1.38 bits per heavy atom. The molecule has 0 aromatic rings. The van der Waals surface area contributed by atoms with Gasteiger partial charge in [-0.1, -0.05) is 20.8 Å². The van der Waals surface area contributed by atoms with Gasteiger partial charge >= 0.3 is 0 Å². The molecule has 0 aromatic heterocycles. The normalized spacial score (nSPS) is 22.3. The molecule has 1 rings (SSSR count). The molecule has 3 heteroatoms. The number of hydrogen-bond acceptors (Lipinski definition) is 3. The molecule has 0 radical (unpaired) electrons. The van der Waals surface area contributed by atoms with Crippen molar-refractivity contribution in [1.82, 2.24) is 10.2 Å². The van der Waals surface area contributed by atoms with Gasteiger partial charge in [0.1, 0.15) is 0 Å². The van der Waals surface area contributed by atoms with E-state index < -0.39 is 0 Å². The predicted octanol–water partition coefficient (Wildman–Crippen LogP) is 1.73. The fourth-order valence-electron chi connectivity index (χ4n) is 2.37. The molecule has 0 bridgehead atoms. The molecule has 1 aliphatic rings. The lowest BCUT2D eigenvalue weighted by atomic mass is 9.91. The number of ether oxygens (including phenoxy) is 1. The summed E-state index contributed by atoms with van der Waals surface area (Å²) in [7, 11) is 0. The molecular formula is C13H28N2O. The molecule has 0 saturated carbocycles. The lowest BCUT2D eigenvalue weighted by Crippen LogP contribution is -2.52. The van der Waals surface area contributed by atoms with E-state index in [0.717, 1.165) is 39.3 Å². The Morgan fingerprint density at radius 3 is 2.62 bits per heavy atom. The van der Waals surface area contributed by atoms with Gasteiger partial charge in [-0.25, -0.2) is 0 Å². The highest BCUT2D eigenvalue weighted by molar-refractivity contribution is 4.83. The zero-order chi connectivity index (χ0) is 12.2. The van der Waals surface area contributed by atoms with Crippen LogP contribution in [0.3, 0.4) is 0 Å². The summed E-state index contributed by atoms with van der Waals surface area (Å²) in [6, 6.07) is 0. The average molecular weight is 228 g/mol. The molecule has 0 unspecified atom stereocenters. The molecule has 96 valence electrons. The van der Waals surface area contributed by atoms with Crippen LogP contribution in [0.4, 0.5) is 0 Å². The SMILES string of the molecule is CCNCC(C)(C)CN1CCOC(C)(C)C1. The van der Waals surface area contributed by atoms with Gasteiger partial charge in [0, 0.05) is 26.2 Å². The van der Waals surface area contributed by atoms with Crippen LogP contribution in [0.5, 0.6) is 0 Å². The number of nitrogens with zero attached hydrogens (tertiary/aromatic N) is 1. The molecular weight excluding hydrogens is 200 g/mol. The van der Waals surface area contributed by atoms with Crippen molar-refractivity contribution in [2.45, 2.75) is 40.2 Å². The van der Waals surface area contributed by atoms with Crippen LogP contribution in [0.15, 0.2) is 0 Å². The lowest BCUT2D eigenvalue weighted by Gasteiger charge is -2.41. The molecule has 1 heterocycles. The fourth-order valence-corrected chi connectivity index (χ4v) is 2.37. The zero-order valence-electron chi connectivity index (χ0n) is 11.6. The summed E-state index contributed by atoms with van der Waals surface area (Å²) < 4.78 is 5.73. The quantitative estimate of drug-likeness (QED) is 0.775. The Hall–Kier alpha value is -0.120. The molecule has 1 fully saturated rings. The highest BCUT2D eigenvalue weighted by Crippen LogP contribution is 2.21. The third-order valence-electron chi connectivity index (χ3n) is 3.01. The van der Waals surface area contributed by atoms with Gasteiger partial charge in [-0.3, -0.25) is 4.90 Å². The monoisotopic (exact) mass is 228 g/mol. The van der Waals surface area contributed by atoms with Gasteiger partial charge in [0.25, 0.3) is 0 Å². The third-order valence-corrected chi connectivity index (χ3v) is 3.01. The topological polar surface area (TPSA) is 24.5 Å². The second-order valence-corrected chi connectivity index (χ2v) is 6.26. The molecule has 0 atom stereocenters. The highest BCUT2D eigenvalue weighted by Gasteiger charge is 2.30. The number of rotatable bonds is 5. The summed E-state index contributed by atoms with van der Waals surface area (Å²) in [5.74, 6) is 0.